The quantitative estimate of drug-likeness (QED) is 0.0292. The van der Waals surface area contributed by atoms with Crippen LogP contribution in [-0.2, 0) is 28.6 Å². The van der Waals surface area contributed by atoms with Gasteiger partial charge in [0.05, 0.1) is 34.4 Å². The molecule has 306 valence electrons. The molecule has 53 heavy (non-hydrogen) atoms. The largest absolute Gasteiger partial charge is 0.477 e. The van der Waals surface area contributed by atoms with Gasteiger partial charge >= 0.3 is 17.9 Å². The van der Waals surface area contributed by atoms with Gasteiger partial charge in [-0.2, -0.15) is 0 Å². The number of rotatable bonds is 37. The van der Waals surface area contributed by atoms with Crippen molar-refractivity contribution in [2.45, 2.75) is 180 Å². The molecule has 0 aromatic rings. The van der Waals surface area contributed by atoms with Crippen LogP contribution in [0.3, 0.4) is 0 Å². The van der Waals surface area contributed by atoms with Gasteiger partial charge in [0, 0.05) is 19.3 Å². The van der Waals surface area contributed by atoms with Gasteiger partial charge in [-0.15, -0.1) is 0 Å². The average molecular weight is 747 g/mol. The summed E-state index contributed by atoms with van der Waals surface area (Å²) in [7, 11) is 5.50. The molecule has 0 aromatic carbocycles. The van der Waals surface area contributed by atoms with E-state index in [1.807, 2.05) is 21.1 Å². The number of nitrogens with zero attached hydrogens (tertiary/aromatic N) is 1. The second kappa shape index (κ2) is 36.3. The number of esters is 2. The number of quaternary nitrogens is 1. The highest BCUT2D eigenvalue weighted by Gasteiger charge is 2.31. The minimum absolute atomic E-state index is 0.0458. The van der Waals surface area contributed by atoms with Crippen LogP contribution in [0.4, 0.5) is 0 Å². The van der Waals surface area contributed by atoms with Crippen molar-refractivity contribution in [3.8, 4) is 0 Å². The third-order valence-corrected chi connectivity index (χ3v) is 9.21. The molecular formula is C45H80NO7+. The molecule has 0 aliphatic rings. The summed E-state index contributed by atoms with van der Waals surface area (Å²) in [5.74, 6) is -1.52. The van der Waals surface area contributed by atoms with E-state index in [-0.39, 0.29) is 36.2 Å². The Kier molecular flexibility index (Phi) is 34.4. The van der Waals surface area contributed by atoms with E-state index in [1.165, 1.54) is 57.8 Å². The molecule has 0 aliphatic heterocycles. The number of unbranched alkanes of at least 4 members (excludes halogenated alkanes) is 15. The smallest absolute Gasteiger partial charge is 0.362 e. The number of carboxylic acids is 1. The number of carboxylic acid groups (broad SMARTS) is 1. The summed E-state index contributed by atoms with van der Waals surface area (Å²) in [5.41, 5.74) is 0. The number of ether oxygens (including phenoxy) is 3. The predicted octanol–water partition coefficient (Wildman–Crippen LogP) is 11.2. The molecule has 2 unspecified atom stereocenters. The van der Waals surface area contributed by atoms with Gasteiger partial charge in [-0.1, -0.05) is 127 Å². The molecule has 0 spiro atoms. The standard InChI is InChI=1S/C45H79NO7/c1-6-8-10-12-14-16-18-20-21-22-24-25-27-29-31-33-35-43(47)52-40-41(39-51-38-37-42(45(49)50)46(3,4)5)53-44(48)36-34-32-30-28-26-23-19-17-15-13-11-9-7-2/h9,11,15,17,21-23,26,41-42H,6-8,10,12-14,16,18-20,24-25,27-40H2,1-5H3/p+1/b11-9-,17-15-,22-21-,26-23-. The Morgan fingerprint density at radius 2 is 1.06 bits per heavy atom. The van der Waals surface area contributed by atoms with E-state index < -0.39 is 18.1 Å². The molecule has 0 saturated carbocycles. The third-order valence-electron chi connectivity index (χ3n) is 9.21. The number of allylic oxidation sites excluding steroid dienone is 8. The fraction of sp³-hybridized carbons (Fsp3) is 0.756. The van der Waals surface area contributed by atoms with Gasteiger partial charge in [-0.25, -0.2) is 4.79 Å². The molecular weight excluding hydrogens is 666 g/mol. The lowest BCUT2D eigenvalue weighted by atomic mass is 10.1. The maximum atomic E-state index is 12.7. The molecule has 0 heterocycles. The zero-order valence-corrected chi connectivity index (χ0v) is 34.7. The Labute approximate surface area is 325 Å². The summed E-state index contributed by atoms with van der Waals surface area (Å²) in [6.45, 7) is 4.57. The van der Waals surface area contributed by atoms with Gasteiger partial charge in [0.2, 0.25) is 0 Å². The number of carbonyl (C=O) groups is 3. The maximum absolute atomic E-state index is 12.7. The highest BCUT2D eigenvalue weighted by atomic mass is 16.6. The van der Waals surface area contributed by atoms with Crippen LogP contribution in [0.1, 0.15) is 168 Å². The van der Waals surface area contributed by atoms with Crippen LogP contribution in [0.25, 0.3) is 0 Å². The van der Waals surface area contributed by atoms with Crippen molar-refractivity contribution in [3.63, 3.8) is 0 Å². The summed E-state index contributed by atoms with van der Waals surface area (Å²) in [6, 6.07) is -0.621. The van der Waals surface area contributed by atoms with Gasteiger partial charge in [-0.3, -0.25) is 9.59 Å². The summed E-state index contributed by atoms with van der Waals surface area (Å²) in [5, 5.41) is 9.60. The predicted molar refractivity (Wildman–Crippen MR) is 220 cm³/mol. The highest BCUT2D eigenvalue weighted by molar-refractivity contribution is 5.72. The Balaban J connectivity index is 4.41. The summed E-state index contributed by atoms with van der Waals surface area (Å²) in [6.07, 6.45) is 41.5. The normalized spacial score (nSPS) is 13.5. The molecule has 8 nitrogen and oxygen atoms in total. The first-order valence-corrected chi connectivity index (χ1v) is 21.2. The molecule has 1 N–H and O–H groups in total. The molecule has 8 heteroatoms. The Bertz CT molecular complexity index is 1010. The van der Waals surface area contributed by atoms with Crippen molar-refractivity contribution in [2.24, 2.45) is 0 Å². The van der Waals surface area contributed by atoms with Gasteiger partial charge in [0.15, 0.2) is 12.1 Å². The molecule has 0 fully saturated rings. The summed E-state index contributed by atoms with van der Waals surface area (Å²) >= 11 is 0. The minimum atomic E-state index is -0.883. The van der Waals surface area contributed by atoms with Crippen LogP contribution in [-0.4, -0.2) is 80.6 Å². The van der Waals surface area contributed by atoms with E-state index in [1.54, 1.807) is 0 Å². The van der Waals surface area contributed by atoms with Gasteiger partial charge in [0.25, 0.3) is 0 Å². The van der Waals surface area contributed by atoms with Gasteiger partial charge < -0.3 is 23.8 Å². The topological polar surface area (TPSA) is 99.1 Å². The van der Waals surface area contributed by atoms with Gasteiger partial charge in [-0.05, 0) is 70.6 Å². The SMILES string of the molecule is CC/C=C\C/C=C\C/C=C\CCCCCC(=O)OC(COCCC(C(=O)O)[N+](C)(C)C)COC(=O)CCCCCCC/C=C\CCCCCCCCC. The van der Waals surface area contributed by atoms with Crippen molar-refractivity contribution < 1.29 is 38.2 Å². The molecule has 0 bridgehead atoms. The van der Waals surface area contributed by atoms with E-state index >= 15 is 0 Å². The lowest BCUT2D eigenvalue weighted by Crippen LogP contribution is -2.50. The van der Waals surface area contributed by atoms with E-state index in [4.69, 9.17) is 14.2 Å². The summed E-state index contributed by atoms with van der Waals surface area (Å²) in [4.78, 5) is 36.9. The number of likely N-dealkylation sites (N-methyl/N-ethyl adjacent to an activating group) is 1. The maximum Gasteiger partial charge on any atom is 0.362 e. The molecule has 0 rings (SSSR count). The molecule has 0 aliphatic carbocycles. The molecule has 0 radical (unpaired) electrons. The van der Waals surface area contributed by atoms with Crippen molar-refractivity contribution in [3.05, 3.63) is 48.6 Å². The fourth-order valence-electron chi connectivity index (χ4n) is 5.92. The Morgan fingerprint density at radius 1 is 0.585 bits per heavy atom. The number of carbonyl (C=O) groups excluding carboxylic acids is 2. The van der Waals surface area contributed by atoms with Crippen LogP contribution >= 0.6 is 0 Å². The summed E-state index contributed by atoms with van der Waals surface area (Å²) < 4.78 is 17.2. The lowest BCUT2D eigenvalue weighted by Gasteiger charge is -2.31. The zero-order chi connectivity index (χ0) is 39.3. The van der Waals surface area contributed by atoms with Crippen LogP contribution < -0.4 is 0 Å². The monoisotopic (exact) mass is 747 g/mol. The average Bonchev–Trinajstić information content (AvgIpc) is 3.11. The van der Waals surface area contributed by atoms with Crippen LogP contribution in [0, 0.1) is 0 Å². The molecule has 0 saturated heterocycles. The molecule has 0 aromatic heterocycles. The number of hydrogen-bond donors (Lipinski definition) is 1. The molecule has 2 atom stereocenters. The van der Waals surface area contributed by atoms with Crippen molar-refractivity contribution in [1.29, 1.82) is 0 Å². The van der Waals surface area contributed by atoms with E-state index in [2.05, 4.69) is 62.5 Å². The van der Waals surface area contributed by atoms with Crippen molar-refractivity contribution >= 4 is 17.9 Å². The van der Waals surface area contributed by atoms with E-state index in [0.717, 1.165) is 77.0 Å². The van der Waals surface area contributed by atoms with Crippen molar-refractivity contribution in [2.75, 3.05) is 41.0 Å². The van der Waals surface area contributed by atoms with Crippen molar-refractivity contribution in [1.82, 2.24) is 0 Å². The van der Waals surface area contributed by atoms with Crippen LogP contribution in [0.15, 0.2) is 48.6 Å². The lowest BCUT2D eigenvalue weighted by molar-refractivity contribution is -0.887. The Hall–Kier alpha value is -2.71. The highest BCUT2D eigenvalue weighted by Crippen LogP contribution is 2.13. The van der Waals surface area contributed by atoms with Crippen LogP contribution in [0.2, 0.25) is 0 Å². The first-order chi connectivity index (χ1) is 25.6. The van der Waals surface area contributed by atoms with Gasteiger partial charge in [0.1, 0.15) is 6.61 Å². The zero-order valence-electron chi connectivity index (χ0n) is 34.7. The Morgan fingerprint density at radius 3 is 1.60 bits per heavy atom. The number of hydrogen-bond acceptors (Lipinski definition) is 6. The fourth-order valence-corrected chi connectivity index (χ4v) is 5.92. The van der Waals surface area contributed by atoms with Crippen LogP contribution in [0.5, 0.6) is 0 Å². The minimum Gasteiger partial charge on any atom is -0.477 e. The second-order valence-corrected chi connectivity index (χ2v) is 15.2. The molecule has 0 amide bonds. The number of aliphatic carboxylic acids is 1. The van der Waals surface area contributed by atoms with E-state index in [9.17, 15) is 19.5 Å². The second-order valence-electron chi connectivity index (χ2n) is 15.2. The first-order valence-electron chi connectivity index (χ1n) is 21.2. The third kappa shape index (κ3) is 34.8. The van der Waals surface area contributed by atoms with E-state index in [0.29, 0.717) is 19.3 Å². The first kappa shape index (κ1) is 50.3.